The van der Waals surface area contributed by atoms with E-state index in [-0.39, 0.29) is 0 Å². The average molecular weight is 68.6 g/mol. The molecule has 0 fully saturated rings. The Labute approximate surface area is 29.7 Å². The molecular formula is H2B2NP. The van der Waals surface area contributed by atoms with Gasteiger partial charge in [0.25, 0.3) is 0 Å². The third-order valence-corrected chi connectivity index (χ3v) is 0.258. The molecule has 2 radical (unpaired) electrons. The van der Waals surface area contributed by atoms with Gasteiger partial charge in [0.1, 0.15) is 0 Å². The molecule has 0 amide bonds. The van der Waals surface area contributed by atoms with Crippen LogP contribution in [0.25, 0.3) is 0 Å². The van der Waals surface area contributed by atoms with Crippen molar-refractivity contribution in [2.24, 2.45) is 4.81 Å². The van der Waals surface area contributed by atoms with Crippen molar-refractivity contribution in [2.75, 3.05) is 0 Å². The number of hydrogen-bond acceptors (Lipinski definition) is 1. The SMILES string of the molecule is [B]N=BP. The van der Waals surface area contributed by atoms with Crippen molar-refractivity contribution in [3.63, 3.8) is 0 Å². The van der Waals surface area contributed by atoms with E-state index in [0.29, 0.717) is 0 Å². The second kappa shape index (κ2) is 3.36. The summed E-state index contributed by atoms with van der Waals surface area (Å²) < 4.78 is 0. The Morgan fingerprint density at radius 2 is 2.25 bits per heavy atom. The zero-order chi connectivity index (χ0) is 3.41. The molecule has 18 valence electrons. The molecule has 0 heterocycles. The van der Waals surface area contributed by atoms with Gasteiger partial charge >= 0.3 is 28.7 Å². The first-order valence-corrected chi connectivity index (χ1v) is 1.52. The van der Waals surface area contributed by atoms with E-state index in [1.165, 1.54) is 6.79 Å². The van der Waals surface area contributed by atoms with Crippen molar-refractivity contribution in [3.05, 3.63) is 0 Å². The predicted octanol–water partition coefficient (Wildman–Crippen LogP) is -0.252. The minimum absolute atomic E-state index is 1.44. The van der Waals surface area contributed by atoms with Gasteiger partial charge in [-0.25, -0.2) is 0 Å². The first kappa shape index (κ1) is 4.36. The quantitative estimate of drug-likeness (QED) is 0.274. The van der Waals surface area contributed by atoms with E-state index in [1.807, 2.05) is 0 Å². The molecule has 0 N–H and O–H groups in total. The van der Waals surface area contributed by atoms with Crippen LogP contribution in [0.4, 0.5) is 0 Å². The monoisotopic (exact) mass is 69.0 g/mol. The van der Waals surface area contributed by atoms with Crippen LogP contribution >= 0.6 is 9.12 Å². The van der Waals surface area contributed by atoms with Gasteiger partial charge in [-0.15, -0.1) is 0 Å². The molecule has 0 saturated heterocycles. The van der Waals surface area contributed by atoms with Gasteiger partial charge in [0.05, 0.1) is 0 Å². The van der Waals surface area contributed by atoms with Crippen molar-refractivity contribution in [1.29, 1.82) is 0 Å². The summed E-state index contributed by atoms with van der Waals surface area (Å²) in [6.07, 6.45) is 0. The summed E-state index contributed by atoms with van der Waals surface area (Å²) in [7, 11) is 6.81. The molecule has 0 aromatic carbocycles. The van der Waals surface area contributed by atoms with Gasteiger partial charge < -0.3 is 0 Å². The van der Waals surface area contributed by atoms with E-state index in [2.05, 4.69) is 21.9 Å². The third-order valence-electron chi connectivity index (χ3n) is 0.0861. The maximum atomic E-state index is 4.58. The summed E-state index contributed by atoms with van der Waals surface area (Å²) in [6.45, 7) is 1.44. The van der Waals surface area contributed by atoms with Crippen LogP contribution in [0.5, 0.6) is 0 Å². The minimum atomic E-state index is 1.44. The molecule has 0 rings (SSSR count). The zero-order valence-electron chi connectivity index (χ0n) is 2.18. The van der Waals surface area contributed by atoms with Crippen molar-refractivity contribution >= 4 is 23.9 Å². The van der Waals surface area contributed by atoms with Crippen molar-refractivity contribution in [1.82, 2.24) is 0 Å². The van der Waals surface area contributed by atoms with Gasteiger partial charge in [0, 0.05) is 0 Å². The van der Waals surface area contributed by atoms with Crippen molar-refractivity contribution in [2.45, 2.75) is 0 Å². The summed E-state index contributed by atoms with van der Waals surface area (Å²) in [5.41, 5.74) is 0. The molecule has 0 bridgehead atoms. The zero-order valence-corrected chi connectivity index (χ0v) is 3.33. The molecule has 1 atom stereocenters. The standard InChI is InChI=1S/B2H2NP/c1-3-2-4/h4H2. The summed E-state index contributed by atoms with van der Waals surface area (Å²) >= 11 is 0. The molecule has 4 heteroatoms. The van der Waals surface area contributed by atoms with Crippen LogP contribution in [0.1, 0.15) is 0 Å². The van der Waals surface area contributed by atoms with Gasteiger partial charge in [-0.2, -0.15) is 0 Å². The second-order valence-corrected chi connectivity index (χ2v) is 0.596. The van der Waals surface area contributed by atoms with Gasteiger partial charge in [-0.3, -0.25) is 0 Å². The van der Waals surface area contributed by atoms with E-state index >= 15 is 0 Å². The second-order valence-electron chi connectivity index (χ2n) is 0.298. The van der Waals surface area contributed by atoms with Gasteiger partial charge in [-0.1, -0.05) is 0 Å². The summed E-state index contributed by atoms with van der Waals surface area (Å²) in [5.74, 6) is 0. The molecule has 0 aliphatic heterocycles. The van der Waals surface area contributed by atoms with Crippen molar-refractivity contribution in [3.8, 4) is 0 Å². The molecule has 0 aromatic heterocycles. The van der Waals surface area contributed by atoms with Gasteiger partial charge in [-0.05, 0) is 0 Å². The fourth-order valence-electron chi connectivity index (χ4n) is 0. The fourth-order valence-corrected chi connectivity index (χ4v) is 0. The Balaban J connectivity index is 2.55. The van der Waals surface area contributed by atoms with Crippen LogP contribution in [-0.4, -0.2) is 14.8 Å². The Morgan fingerprint density at radius 1 is 2.00 bits per heavy atom. The Kier molecular flexibility index (Phi) is 3.66. The van der Waals surface area contributed by atoms with Gasteiger partial charge in [0.15, 0.2) is 0 Å². The Morgan fingerprint density at radius 3 is 2.25 bits per heavy atom. The summed E-state index contributed by atoms with van der Waals surface area (Å²) in [4.78, 5) is 3.07. The maximum absolute atomic E-state index is 4.58. The fraction of sp³-hybridized carbons (Fsp3) is 0. The molecule has 0 aromatic rings. The summed E-state index contributed by atoms with van der Waals surface area (Å²) in [6, 6.07) is 0. The van der Waals surface area contributed by atoms with E-state index in [1.54, 1.807) is 0 Å². The van der Waals surface area contributed by atoms with E-state index in [4.69, 9.17) is 0 Å². The van der Waals surface area contributed by atoms with E-state index < -0.39 is 0 Å². The van der Waals surface area contributed by atoms with Crippen molar-refractivity contribution < 1.29 is 0 Å². The number of hydrogen-bond donors (Lipinski definition) is 0. The molecule has 4 heavy (non-hydrogen) atoms. The first-order chi connectivity index (χ1) is 1.91. The molecule has 0 aliphatic carbocycles. The van der Waals surface area contributed by atoms with Crippen LogP contribution in [0, 0.1) is 0 Å². The average Bonchev–Trinajstić information content (AvgIpc) is 1.37. The molecule has 1 nitrogen and oxygen atoms in total. The normalized spacial score (nSPS) is 7.25. The van der Waals surface area contributed by atoms with Crippen LogP contribution in [0.2, 0.25) is 0 Å². The van der Waals surface area contributed by atoms with Crippen LogP contribution < -0.4 is 0 Å². The molecule has 0 saturated carbocycles. The molecule has 1 unspecified atom stereocenters. The summed E-state index contributed by atoms with van der Waals surface area (Å²) in [5, 5.41) is 0. The third kappa shape index (κ3) is 2.36. The van der Waals surface area contributed by atoms with E-state index in [9.17, 15) is 0 Å². The predicted molar refractivity (Wildman–Crippen MR) is 23.6 cm³/mol. The molecule has 0 aliphatic rings. The number of nitrogens with zero attached hydrogens (tertiary/aromatic N) is 1. The molecular weight excluding hydrogens is 66.6 g/mol. The van der Waals surface area contributed by atoms with E-state index in [0.717, 1.165) is 0 Å². The Bertz CT molecular complexity index is 21.2. The van der Waals surface area contributed by atoms with Crippen LogP contribution in [-0.2, 0) is 0 Å². The first-order valence-electron chi connectivity index (χ1n) is 0.850. The number of rotatable bonds is 0. The van der Waals surface area contributed by atoms with Gasteiger partial charge in [0.2, 0.25) is 0 Å². The molecule has 0 spiro atoms. The van der Waals surface area contributed by atoms with Crippen LogP contribution in [0.3, 0.4) is 0 Å². The van der Waals surface area contributed by atoms with Crippen LogP contribution in [0.15, 0.2) is 4.81 Å². The Hall–Kier alpha value is 0.360. The topological polar surface area (TPSA) is 12.4 Å².